The fourth-order valence-corrected chi connectivity index (χ4v) is 2.47. The number of hydrogen-bond donors (Lipinski definition) is 3. The van der Waals surface area contributed by atoms with Gasteiger partial charge in [-0.1, -0.05) is 12.1 Å². The summed E-state index contributed by atoms with van der Waals surface area (Å²) in [6.07, 6.45) is 1.70. The summed E-state index contributed by atoms with van der Waals surface area (Å²) in [5.74, 6) is -0.0254. The summed E-state index contributed by atoms with van der Waals surface area (Å²) in [7, 11) is -2.04. The summed E-state index contributed by atoms with van der Waals surface area (Å²) in [6.45, 7) is 2.47. The molecule has 1 amide bonds. The Hall–Kier alpha value is -1.15. The van der Waals surface area contributed by atoms with Crippen molar-refractivity contribution in [1.29, 1.82) is 0 Å². The zero-order valence-electron chi connectivity index (χ0n) is 12.8. The van der Waals surface area contributed by atoms with Gasteiger partial charge in [0.15, 0.2) is 0 Å². The van der Waals surface area contributed by atoms with E-state index in [-0.39, 0.29) is 29.3 Å². The van der Waals surface area contributed by atoms with Crippen molar-refractivity contribution in [3.8, 4) is 0 Å². The van der Waals surface area contributed by atoms with E-state index in [1.165, 1.54) is 19.2 Å². The molecule has 1 unspecified atom stereocenters. The Morgan fingerprint density at radius 3 is 2.36 bits per heavy atom. The minimum atomic E-state index is -3.41. The second-order valence-electron chi connectivity index (χ2n) is 4.97. The molecule has 8 heteroatoms. The normalized spacial score (nSPS) is 12.3. The van der Waals surface area contributed by atoms with Gasteiger partial charge in [-0.2, -0.15) is 0 Å². The zero-order valence-corrected chi connectivity index (χ0v) is 14.5. The van der Waals surface area contributed by atoms with Gasteiger partial charge in [-0.05, 0) is 44.5 Å². The minimum Gasteiger partial charge on any atom is -0.356 e. The van der Waals surface area contributed by atoms with Gasteiger partial charge in [0.05, 0.1) is 4.90 Å². The lowest BCUT2D eigenvalue weighted by atomic mass is 10.1. The van der Waals surface area contributed by atoms with Crippen LogP contribution in [0, 0.1) is 0 Å². The molecule has 0 aliphatic rings. The lowest BCUT2D eigenvalue weighted by molar-refractivity contribution is -0.121. The lowest BCUT2D eigenvalue weighted by Crippen LogP contribution is -2.29. The predicted molar refractivity (Wildman–Crippen MR) is 89.5 cm³/mol. The molecule has 0 radical (unpaired) electrons. The molecule has 0 heterocycles. The molecule has 1 atom stereocenters. The average Bonchev–Trinajstić information content (AvgIpc) is 2.45. The van der Waals surface area contributed by atoms with Crippen molar-refractivity contribution in [2.75, 3.05) is 13.6 Å². The van der Waals surface area contributed by atoms with E-state index in [9.17, 15) is 13.2 Å². The zero-order chi connectivity index (χ0) is 15.9. The number of carbonyl (C=O) groups excluding carboxylic acids is 1. The maximum Gasteiger partial charge on any atom is 0.240 e. The molecule has 0 aliphatic carbocycles. The van der Waals surface area contributed by atoms with E-state index in [0.29, 0.717) is 19.4 Å². The Morgan fingerprint density at radius 1 is 1.27 bits per heavy atom. The third kappa shape index (κ3) is 7.22. The van der Waals surface area contributed by atoms with Crippen LogP contribution >= 0.6 is 12.4 Å². The fraction of sp³-hybridized carbons (Fsp3) is 0.500. The molecular formula is C14H24ClN3O3S. The van der Waals surface area contributed by atoms with Crippen molar-refractivity contribution >= 4 is 28.3 Å². The first-order valence-electron chi connectivity index (χ1n) is 6.90. The van der Waals surface area contributed by atoms with Crippen molar-refractivity contribution < 1.29 is 13.2 Å². The molecular weight excluding hydrogens is 326 g/mol. The first kappa shape index (κ1) is 20.9. The Labute approximate surface area is 138 Å². The van der Waals surface area contributed by atoms with Crippen molar-refractivity contribution in [1.82, 2.24) is 10.0 Å². The maximum atomic E-state index is 11.6. The molecule has 22 heavy (non-hydrogen) atoms. The second kappa shape index (κ2) is 9.78. The highest BCUT2D eigenvalue weighted by Crippen LogP contribution is 2.11. The van der Waals surface area contributed by atoms with E-state index in [4.69, 9.17) is 5.73 Å². The minimum absolute atomic E-state index is 0. The van der Waals surface area contributed by atoms with E-state index in [0.717, 1.165) is 12.0 Å². The maximum absolute atomic E-state index is 11.6. The first-order chi connectivity index (χ1) is 9.85. The molecule has 0 bridgehead atoms. The largest absolute Gasteiger partial charge is 0.356 e. The number of rotatable bonds is 8. The Balaban J connectivity index is 0.00000441. The highest BCUT2D eigenvalue weighted by molar-refractivity contribution is 7.89. The number of nitrogens with two attached hydrogens (primary N) is 1. The van der Waals surface area contributed by atoms with Gasteiger partial charge < -0.3 is 11.1 Å². The fourth-order valence-electron chi connectivity index (χ4n) is 1.74. The van der Waals surface area contributed by atoms with Crippen LogP contribution in [-0.4, -0.2) is 34.0 Å². The van der Waals surface area contributed by atoms with Crippen LogP contribution in [0.5, 0.6) is 0 Å². The van der Waals surface area contributed by atoms with Gasteiger partial charge in [-0.25, -0.2) is 13.1 Å². The smallest absolute Gasteiger partial charge is 0.240 e. The molecule has 1 aromatic carbocycles. The topological polar surface area (TPSA) is 101 Å². The Kier molecular flexibility index (Phi) is 9.27. The van der Waals surface area contributed by atoms with E-state index in [1.54, 1.807) is 12.1 Å². The van der Waals surface area contributed by atoms with E-state index in [1.807, 2.05) is 6.92 Å². The number of halogens is 1. The summed E-state index contributed by atoms with van der Waals surface area (Å²) >= 11 is 0. The summed E-state index contributed by atoms with van der Waals surface area (Å²) in [5, 5.41) is 2.80. The SMILES string of the molecule is CNS(=O)(=O)c1ccc(CCC(=O)NCCC(C)N)cc1.Cl. The van der Waals surface area contributed by atoms with E-state index in [2.05, 4.69) is 10.0 Å². The summed E-state index contributed by atoms with van der Waals surface area (Å²) in [6, 6.07) is 6.59. The monoisotopic (exact) mass is 349 g/mol. The molecule has 6 nitrogen and oxygen atoms in total. The third-order valence-electron chi connectivity index (χ3n) is 3.06. The highest BCUT2D eigenvalue weighted by Gasteiger charge is 2.10. The summed E-state index contributed by atoms with van der Waals surface area (Å²) < 4.78 is 25.4. The number of hydrogen-bond acceptors (Lipinski definition) is 4. The predicted octanol–water partition coefficient (Wildman–Crippen LogP) is 0.803. The average molecular weight is 350 g/mol. The van der Waals surface area contributed by atoms with E-state index >= 15 is 0 Å². The van der Waals surface area contributed by atoms with Crippen molar-refractivity contribution in [2.45, 2.75) is 37.1 Å². The molecule has 126 valence electrons. The number of amides is 1. The summed E-state index contributed by atoms with van der Waals surface area (Å²) in [5.41, 5.74) is 6.52. The van der Waals surface area contributed by atoms with Crippen molar-refractivity contribution in [3.05, 3.63) is 29.8 Å². The molecule has 1 rings (SSSR count). The number of benzene rings is 1. The molecule has 0 aliphatic heterocycles. The number of sulfonamides is 1. The van der Waals surface area contributed by atoms with Crippen molar-refractivity contribution in [3.63, 3.8) is 0 Å². The molecule has 0 saturated heterocycles. The molecule has 1 aromatic rings. The van der Waals surface area contributed by atoms with Crippen molar-refractivity contribution in [2.24, 2.45) is 5.73 Å². The van der Waals surface area contributed by atoms with Crippen LogP contribution in [0.2, 0.25) is 0 Å². The van der Waals surface area contributed by atoms with Crippen LogP contribution in [0.15, 0.2) is 29.2 Å². The van der Waals surface area contributed by atoms with Gasteiger partial charge in [0, 0.05) is 19.0 Å². The Morgan fingerprint density at radius 2 is 1.86 bits per heavy atom. The van der Waals surface area contributed by atoms with Gasteiger partial charge >= 0.3 is 0 Å². The van der Waals surface area contributed by atoms with Crippen LogP contribution in [0.25, 0.3) is 0 Å². The van der Waals surface area contributed by atoms with Crippen LogP contribution in [-0.2, 0) is 21.2 Å². The number of carbonyl (C=O) groups is 1. The lowest BCUT2D eigenvalue weighted by Gasteiger charge is -2.08. The summed E-state index contributed by atoms with van der Waals surface area (Å²) in [4.78, 5) is 11.8. The Bertz CT molecular complexity index is 559. The standard InChI is InChI=1S/C14H23N3O3S.ClH/c1-11(15)9-10-17-14(18)8-5-12-3-6-13(7-4-12)21(19,20)16-2;/h3-4,6-7,11,16H,5,8-10,15H2,1-2H3,(H,17,18);1H. The number of aryl methyl sites for hydroxylation is 1. The van der Waals surface area contributed by atoms with Crippen LogP contribution in [0.1, 0.15) is 25.3 Å². The third-order valence-corrected chi connectivity index (χ3v) is 4.50. The van der Waals surface area contributed by atoms with Gasteiger partial charge in [-0.15, -0.1) is 12.4 Å². The van der Waals surface area contributed by atoms with Crippen LogP contribution in [0.4, 0.5) is 0 Å². The van der Waals surface area contributed by atoms with Gasteiger partial charge in [0.2, 0.25) is 15.9 Å². The highest BCUT2D eigenvalue weighted by atomic mass is 35.5. The molecule has 0 fully saturated rings. The molecule has 0 aromatic heterocycles. The van der Waals surface area contributed by atoms with E-state index < -0.39 is 10.0 Å². The van der Waals surface area contributed by atoms with Gasteiger partial charge in [0.25, 0.3) is 0 Å². The van der Waals surface area contributed by atoms with Crippen LogP contribution < -0.4 is 15.8 Å². The molecule has 0 spiro atoms. The molecule has 0 saturated carbocycles. The second-order valence-corrected chi connectivity index (χ2v) is 6.85. The van der Waals surface area contributed by atoms with Gasteiger partial charge in [-0.3, -0.25) is 4.79 Å². The van der Waals surface area contributed by atoms with Gasteiger partial charge in [0.1, 0.15) is 0 Å². The van der Waals surface area contributed by atoms with Crippen LogP contribution in [0.3, 0.4) is 0 Å². The number of nitrogens with one attached hydrogen (secondary N) is 2. The molecule has 4 N–H and O–H groups in total. The first-order valence-corrected chi connectivity index (χ1v) is 8.38. The quantitative estimate of drug-likeness (QED) is 0.646.